The molecule has 1 aromatic carbocycles. The number of ketones is 1. The van der Waals surface area contributed by atoms with Crippen molar-refractivity contribution >= 4 is 17.4 Å². The lowest BCUT2D eigenvalue weighted by molar-refractivity contribution is -0.128. The standard InChI is InChI=1S/C13H11ClFNO2/c14-11-6-8(15)3-4-9(11)10(7-16)13(17)12-2-1-5-18-12/h3-4,6,10,12H,1-2,5H2. The maximum atomic E-state index is 12.9. The number of benzene rings is 1. The molecule has 1 heterocycles. The smallest absolute Gasteiger partial charge is 0.183 e. The van der Waals surface area contributed by atoms with Gasteiger partial charge in [0.2, 0.25) is 0 Å². The predicted octanol–water partition coefficient (Wildman–Crippen LogP) is 2.83. The number of Topliss-reactive ketones (excluding diaryl/α,β-unsaturated/α-hetero) is 1. The Morgan fingerprint density at radius 3 is 2.94 bits per heavy atom. The van der Waals surface area contributed by atoms with Crippen LogP contribution in [-0.2, 0) is 9.53 Å². The molecule has 0 amide bonds. The van der Waals surface area contributed by atoms with E-state index >= 15 is 0 Å². The van der Waals surface area contributed by atoms with Gasteiger partial charge >= 0.3 is 0 Å². The van der Waals surface area contributed by atoms with Crippen LogP contribution in [0.5, 0.6) is 0 Å². The van der Waals surface area contributed by atoms with Crippen LogP contribution in [0.3, 0.4) is 0 Å². The molecule has 0 aromatic heterocycles. The van der Waals surface area contributed by atoms with E-state index in [1.807, 2.05) is 6.07 Å². The Bertz CT molecular complexity index is 506. The Balaban J connectivity index is 2.28. The highest BCUT2D eigenvalue weighted by molar-refractivity contribution is 6.31. The minimum Gasteiger partial charge on any atom is -0.370 e. The van der Waals surface area contributed by atoms with Gasteiger partial charge in [0.25, 0.3) is 0 Å². The maximum Gasteiger partial charge on any atom is 0.183 e. The van der Waals surface area contributed by atoms with Gasteiger partial charge in [-0.25, -0.2) is 4.39 Å². The monoisotopic (exact) mass is 267 g/mol. The Hall–Kier alpha value is -1.44. The molecule has 0 N–H and O–H groups in total. The summed E-state index contributed by atoms with van der Waals surface area (Å²) in [4.78, 5) is 12.1. The third kappa shape index (κ3) is 2.53. The van der Waals surface area contributed by atoms with Crippen molar-refractivity contribution in [3.8, 4) is 6.07 Å². The van der Waals surface area contributed by atoms with Crippen LogP contribution in [0.2, 0.25) is 5.02 Å². The summed E-state index contributed by atoms with van der Waals surface area (Å²) in [6.07, 6.45) is 0.886. The number of nitrogens with zero attached hydrogens (tertiary/aromatic N) is 1. The molecule has 94 valence electrons. The molecule has 0 aliphatic carbocycles. The quantitative estimate of drug-likeness (QED) is 0.846. The SMILES string of the molecule is N#CC(C(=O)C1CCCO1)c1ccc(F)cc1Cl. The van der Waals surface area contributed by atoms with Gasteiger partial charge in [-0.15, -0.1) is 0 Å². The average molecular weight is 268 g/mol. The predicted molar refractivity (Wildman–Crippen MR) is 63.7 cm³/mol. The first-order valence-electron chi connectivity index (χ1n) is 5.63. The van der Waals surface area contributed by atoms with Crippen molar-refractivity contribution in [1.29, 1.82) is 5.26 Å². The zero-order chi connectivity index (χ0) is 13.1. The van der Waals surface area contributed by atoms with Crippen molar-refractivity contribution in [3.05, 3.63) is 34.6 Å². The molecule has 1 aliphatic rings. The molecule has 2 atom stereocenters. The largest absolute Gasteiger partial charge is 0.370 e. The minimum absolute atomic E-state index is 0.0906. The third-order valence-electron chi connectivity index (χ3n) is 2.93. The van der Waals surface area contributed by atoms with Crippen molar-refractivity contribution in [3.63, 3.8) is 0 Å². The maximum absolute atomic E-state index is 12.9. The van der Waals surface area contributed by atoms with E-state index in [0.29, 0.717) is 18.6 Å². The van der Waals surface area contributed by atoms with E-state index in [2.05, 4.69) is 0 Å². The first kappa shape index (κ1) is 13.0. The zero-order valence-corrected chi connectivity index (χ0v) is 10.3. The summed E-state index contributed by atoms with van der Waals surface area (Å²) in [6, 6.07) is 5.58. The van der Waals surface area contributed by atoms with Gasteiger partial charge in [0.1, 0.15) is 17.8 Å². The van der Waals surface area contributed by atoms with E-state index < -0.39 is 17.8 Å². The highest BCUT2D eigenvalue weighted by Crippen LogP contribution is 2.29. The van der Waals surface area contributed by atoms with Crippen molar-refractivity contribution in [1.82, 2.24) is 0 Å². The topological polar surface area (TPSA) is 50.1 Å². The average Bonchev–Trinajstić information content (AvgIpc) is 2.86. The second kappa shape index (κ2) is 5.47. The molecule has 1 aliphatic heterocycles. The van der Waals surface area contributed by atoms with Gasteiger partial charge in [-0.2, -0.15) is 5.26 Å². The van der Waals surface area contributed by atoms with Crippen molar-refractivity contribution < 1.29 is 13.9 Å². The molecule has 0 spiro atoms. The molecule has 1 fully saturated rings. The summed E-state index contributed by atoms with van der Waals surface area (Å²) in [7, 11) is 0. The molecule has 3 nitrogen and oxygen atoms in total. The molecule has 18 heavy (non-hydrogen) atoms. The first-order valence-corrected chi connectivity index (χ1v) is 6.01. The van der Waals surface area contributed by atoms with Crippen LogP contribution in [0.4, 0.5) is 4.39 Å². The third-order valence-corrected chi connectivity index (χ3v) is 3.26. The lowest BCUT2D eigenvalue weighted by Crippen LogP contribution is -2.25. The molecular weight excluding hydrogens is 257 g/mol. The molecule has 0 bridgehead atoms. The zero-order valence-electron chi connectivity index (χ0n) is 9.53. The van der Waals surface area contributed by atoms with Gasteiger partial charge in [-0.05, 0) is 30.5 Å². The van der Waals surface area contributed by atoms with Crippen LogP contribution < -0.4 is 0 Å². The van der Waals surface area contributed by atoms with E-state index in [4.69, 9.17) is 21.6 Å². The first-order chi connectivity index (χ1) is 8.63. The molecule has 1 saturated heterocycles. The van der Waals surface area contributed by atoms with Crippen LogP contribution in [0, 0.1) is 17.1 Å². The fourth-order valence-electron chi connectivity index (χ4n) is 2.01. The van der Waals surface area contributed by atoms with Crippen molar-refractivity contribution in [2.45, 2.75) is 24.9 Å². The lowest BCUT2D eigenvalue weighted by Gasteiger charge is -2.14. The van der Waals surface area contributed by atoms with E-state index in [9.17, 15) is 9.18 Å². The normalized spacial score (nSPS) is 20.4. The fraction of sp³-hybridized carbons (Fsp3) is 0.385. The number of carbonyl (C=O) groups is 1. The van der Waals surface area contributed by atoms with E-state index in [0.717, 1.165) is 12.5 Å². The summed E-state index contributed by atoms with van der Waals surface area (Å²) in [6.45, 7) is 0.533. The summed E-state index contributed by atoms with van der Waals surface area (Å²) in [5.41, 5.74) is 0.334. The Labute approximate surface area is 109 Å². The number of ether oxygens (including phenoxy) is 1. The summed E-state index contributed by atoms with van der Waals surface area (Å²) >= 11 is 5.87. The lowest BCUT2D eigenvalue weighted by atomic mass is 9.92. The second-order valence-electron chi connectivity index (χ2n) is 4.13. The Morgan fingerprint density at radius 1 is 1.61 bits per heavy atom. The van der Waals surface area contributed by atoms with Gasteiger partial charge in [0.05, 0.1) is 6.07 Å². The number of nitriles is 1. The van der Waals surface area contributed by atoms with Gasteiger partial charge in [0, 0.05) is 11.6 Å². The summed E-state index contributed by atoms with van der Waals surface area (Å²) < 4.78 is 18.2. The summed E-state index contributed by atoms with van der Waals surface area (Å²) in [5.74, 6) is -1.80. The van der Waals surface area contributed by atoms with Crippen molar-refractivity contribution in [2.24, 2.45) is 0 Å². The number of halogens is 2. The molecule has 0 saturated carbocycles. The van der Waals surface area contributed by atoms with Crippen LogP contribution in [0.1, 0.15) is 24.3 Å². The molecule has 0 radical (unpaired) electrons. The number of rotatable bonds is 3. The highest BCUT2D eigenvalue weighted by atomic mass is 35.5. The van der Waals surface area contributed by atoms with Crippen LogP contribution in [-0.4, -0.2) is 18.5 Å². The highest BCUT2D eigenvalue weighted by Gasteiger charge is 2.32. The van der Waals surface area contributed by atoms with Gasteiger partial charge in [-0.1, -0.05) is 17.7 Å². The van der Waals surface area contributed by atoms with E-state index in [1.165, 1.54) is 12.1 Å². The fourth-order valence-corrected chi connectivity index (χ4v) is 2.29. The molecular formula is C13H11ClFNO2. The van der Waals surface area contributed by atoms with Crippen LogP contribution in [0.15, 0.2) is 18.2 Å². The van der Waals surface area contributed by atoms with Crippen molar-refractivity contribution in [2.75, 3.05) is 6.61 Å². The van der Waals surface area contributed by atoms with E-state index in [1.54, 1.807) is 0 Å². The van der Waals surface area contributed by atoms with Gasteiger partial charge < -0.3 is 4.74 Å². The Kier molecular flexibility index (Phi) is 3.95. The number of hydrogen-bond acceptors (Lipinski definition) is 3. The van der Waals surface area contributed by atoms with Crippen LogP contribution >= 0.6 is 11.6 Å². The summed E-state index contributed by atoms with van der Waals surface area (Å²) in [5, 5.41) is 9.22. The molecule has 2 rings (SSSR count). The number of hydrogen-bond donors (Lipinski definition) is 0. The number of carbonyl (C=O) groups excluding carboxylic acids is 1. The Morgan fingerprint density at radius 2 is 2.39 bits per heavy atom. The second-order valence-corrected chi connectivity index (χ2v) is 4.54. The molecule has 1 aromatic rings. The van der Waals surface area contributed by atoms with Gasteiger partial charge in [0.15, 0.2) is 5.78 Å². The van der Waals surface area contributed by atoms with E-state index in [-0.39, 0.29) is 10.8 Å². The van der Waals surface area contributed by atoms with Gasteiger partial charge in [-0.3, -0.25) is 4.79 Å². The molecule has 5 heteroatoms. The molecule has 2 unspecified atom stereocenters. The minimum atomic E-state index is -0.999. The van der Waals surface area contributed by atoms with Crippen LogP contribution in [0.25, 0.3) is 0 Å².